The van der Waals surface area contributed by atoms with E-state index in [0.717, 1.165) is 18.7 Å². The monoisotopic (exact) mass is 288 g/mol. The van der Waals surface area contributed by atoms with Gasteiger partial charge >= 0.3 is 0 Å². The van der Waals surface area contributed by atoms with Crippen molar-refractivity contribution in [2.75, 3.05) is 7.05 Å². The first-order valence-electron chi connectivity index (χ1n) is 7.92. The zero-order valence-corrected chi connectivity index (χ0v) is 13.9. The topological polar surface area (TPSA) is 34.8 Å². The Hall–Kier alpha value is -1.55. The lowest BCUT2D eigenvalue weighted by atomic mass is 9.99. The van der Waals surface area contributed by atoms with Crippen LogP contribution >= 0.6 is 0 Å². The normalized spacial score (nSPS) is 14.6. The molecule has 0 radical (unpaired) electrons. The van der Waals surface area contributed by atoms with Crippen molar-refractivity contribution in [2.45, 2.75) is 52.7 Å². The standard InChI is InChI=1S/C17H28N4/c1-6-14(4)21-10-8-16(19-21)12-20-9-7-15(11-20)17(18-5)13(2)3/h7-11,13-14,17-18H,6,12H2,1-5H3. The molecule has 0 spiro atoms. The highest BCUT2D eigenvalue weighted by atomic mass is 15.3. The first-order chi connectivity index (χ1) is 10.0. The summed E-state index contributed by atoms with van der Waals surface area (Å²) in [6.07, 6.45) is 7.55. The van der Waals surface area contributed by atoms with Gasteiger partial charge in [0.2, 0.25) is 0 Å². The molecule has 0 aliphatic carbocycles. The van der Waals surface area contributed by atoms with Crippen molar-refractivity contribution < 1.29 is 0 Å². The molecule has 0 fully saturated rings. The fourth-order valence-electron chi connectivity index (χ4n) is 2.71. The molecule has 0 aliphatic rings. The van der Waals surface area contributed by atoms with E-state index in [1.165, 1.54) is 5.56 Å². The van der Waals surface area contributed by atoms with E-state index in [1.807, 2.05) is 7.05 Å². The third kappa shape index (κ3) is 3.76. The maximum absolute atomic E-state index is 4.67. The minimum atomic E-state index is 0.406. The molecule has 1 N–H and O–H groups in total. The average molecular weight is 288 g/mol. The fraction of sp³-hybridized carbons (Fsp3) is 0.588. The van der Waals surface area contributed by atoms with E-state index in [1.54, 1.807) is 0 Å². The van der Waals surface area contributed by atoms with E-state index < -0.39 is 0 Å². The van der Waals surface area contributed by atoms with E-state index in [2.05, 4.69) is 78.1 Å². The Bertz CT molecular complexity index is 553. The predicted molar refractivity (Wildman–Crippen MR) is 87.4 cm³/mol. The second kappa shape index (κ2) is 6.94. The fourth-order valence-corrected chi connectivity index (χ4v) is 2.71. The molecule has 2 unspecified atom stereocenters. The summed E-state index contributed by atoms with van der Waals surface area (Å²) in [7, 11) is 2.02. The number of nitrogens with zero attached hydrogens (tertiary/aromatic N) is 3. The molecule has 0 aromatic carbocycles. The molecule has 2 aromatic heterocycles. The lowest BCUT2D eigenvalue weighted by Gasteiger charge is -2.18. The van der Waals surface area contributed by atoms with Crippen LogP contribution in [-0.4, -0.2) is 21.4 Å². The molecule has 0 saturated heterocycles. The van der Waals surface area contributed by atoms with Crippen LogP contribution in [0.1, 0.15) is 57.5 Å². The zero-order chi connectivity index (χ0) is 15.4. The minimum absolute atomic E-state index is 0.406. The number of aromatic nitrogens is 3. The Morgan fingerprint density at radius 1 is 1.19 bits per heavy atom. The second-order valence-electron chi connectivity index (χ2n) is 6.17. The van der Waals surface area contributed by atoms with Gasteiger partial charge in [0.15, 0.2) is 0 Å². The Morgan fingerprint density at radius 3 is 2.57 bits per heavy atom. The van der Waals surface area contributed by atoms with Crippen LogP contribution in [0, 0.1) is 5.92 Å². The molecule has 2 heterocycles. The summed E-state index contributed by atoms with van der Waals surface area (Å²) in [4.78, 5) is 0. The molecule has 2 atom stereocenters. The summed E-state index contributed by atoms with van der Waals surface area (Å²) < 4.78 is 4.27. The van der Waals surface area contributed by atoms with Crippen LogP contribution in [0.3, 0.4) is 0 Å². The first-order valence-corrected chi connectivity index (χ1v) is 7.92. The van der Waals surface area contributed by atoms with Crippen LogP contribution in [0.4, 0.5) is 0 Å². The maximum Gasteiger partial charge on any atom is 0.0821 e. The number of nitrogens with one attached hydrogen (secondary N) is 1. The third-order valence-corrected chi connectivity index (χ3v) is 4.16. The molecule has 2 rings (SSSR count). The van der Waals surface area contributed by atoms with Crippen LogP contribution < -0.4 is 5.32 Å². The Labute approximate surface area is 128 Å². The summed E-state index contributed by atoms with van der Waals surface area (Å²) in [6, 6.07) is 5.19. The minimum Gasteiger partial charge on any atom is -0.348 e. The zero-order valence-electron chi connectivity index (χ0n) is 13.9. The molecule has 0 bridgehead atoms. The van der Waals surface area contributed by atoms with E-state index in [9.17, 15) is 0 Å². The highest BCUT2D eigenvalue weighted by molar-refractivity contribution is 5.17. The SMILES string of the molecule is CCC(C)n1ccc(Cn2ccc(C(NC)C(C)C)c2)n1. The Balaban J connectivity index is 2.07. The second-order valence-corrected chi connectivity index (χ2v) is 6.17. The third-order valence-electron chi connectivity index (χ3n) is 4.16. The van der Waals surface area contributed by atoms with Gasteiger partial charge in [-0.1, -0.05) is 20.8 Å². The average Bonchev–Trinajstić information content (AvgIpc) is 3.09. The number of rotatable bonds is 7. The van der Waals surface area contributed by atoms with E-state index in [-0.39, 0.29) is 0 Å². The van der Waals surface area contributed by atoms with Gasteiger partial charge in [0.25, 0.3) is 0 Å². The molecule has 4 heteroatoms. The summed E-state index contributed by atoms with van der Waals surface area (Å²) in [5.74, 6) is 0.579. The van der Waals surface area contributed by atoms with Crippen LogP contribution in [0.5, 0.6) is 0 Å². The summed E-state index contributed by atoms with van der Waals surface area (Å²) in [5, 5.41) is 8.05. The summed E-state index contributed by atoms with van der Waals surface area (Å²) in [6.45, 7) is 9.70. The van der Waals surface area contributed by atoms with Crippen molar-refractivity contribution >= 4 is 0 Å². The molecule has 0 aliphatic heterocycles. The Morgan fingerprint density at radius 2 is 1.95 bits per heavy atom. The molecule has 2 aromatic rings. The van der Waals surface area contributed by atoms with Gasteiger partial charge in [-0.25, -0.2) is 0 Å². The van der Waals surface area contributed by atoms with E-state index in [0.29, 0.717) is 18.0 Å². The number of hydrogen-bond donors (Lipinski definition) is 1. The highest BCUT2D eigenvalue weighted by Crippen LogP contribution is 2.21. The Kier molecular flexibility index (Phi) is 5.23. The summed E-state index contributed by atoms with van der Waals surface area (Å²) in [5.41, 5.74) is 2.46. The molecule has 4 nitrogen and oxygen atoms in total. The predicted octanol–water partition coefficient (Wildman–Crippen LogP) is 3.62. The van der Waals surface area contributed by atoms with Gasteiger partial charge in [0.05, 0.1) is 12.2 Å². The van der Waals surface area contributed by atoms with Crippen molar-refractivity contribution in [3.63, 3.8) is 0 Å². The van der Waals surface area contributed by atoms with Crippen molar-refractivity contribution in [3.8, 4) is 0 Å². The van der Waals surface area contributed by atoms with Gasteiger partial charge in [-0.05, 0) is 44.0 Å². The van der Waals surface area contributed by atoms with Crippen molar-refractivity contribution in [3.05, 3.63) is 42.0 Å². The van der Waals surface area contributed by atoms with Crippen LogP contribution in [0.15, 0.2) is 30.7 Å². The van der Waals surface area contributed by atoms with Gasteiger partial charge in [-0.15, -0.1) is 0 Å². The first kappa shape index (κ1) is 15.8. The molecular formula is C17H28N4. The van der Waals surface area contributed by atoms with Gasteiger partial charge < -0.3 is 9.88 Å². The largest absolute Gasteiger partial charge is 0.348 e. The molecule has 0 saturated carbocycles. The quantitative estimate of drug-likeness (QED) is 0.844. The number of hydrogen-bond acceptors (Lipinski definition) is 2. The van der Waals surface area contributed by atoms with Crippen molar-refractivity contribution in [1.82, 2.24) is 19.7 Å². The molecule has 0 amide bonds. The smallest absolute Gasteiger partial charge is 0.0821 e. The van der Waals surface area contributed by atoms with Gasteiger partial charge in [0.1, 0.15) is 0 Å². The van der Waals surface area contributed by atoms with Gasteiger partial charge in [-0.3, -0.25) is 4.68 Å². The van der Waals surface area contributed by atoms with Crippen LogP contribution in [0.2, 0.25) is 0 Å². The van der Waals surface area contributed by atoms with E-state index in [4.69, 9.17) is 0 Å². The van der Waals surface area contributed by atoms with Gasteiger partial charge in [-0.2, -0.15) is 5.10 Å². The molecule has 21 heavy (non-hydrogen) atoms. The molecular weight excluding hydrogens is 260 g/mol. The van der Waals surface area contributed by atoms with Crippen molar-refractivity contribution in [2.24, 2.45) is 5.92 Å². The highest BCUT2D eigenvalue weighted by Gasteiger charge is 2.14. The summed E-state index contributed by atoms with van der Waals surface area (Å²) >= 11 is 0. The lowest BCUT2D eigenvalue weighted by molar-refractivity contribution is 0.442. The van der Waals surface area contributed by atoms with Crippen LogP contribution in [0.25, 0.3) is 0 Å². The lowest BCUT2D eigenvalue weighted by Crippen LogP contribution is -2.21. The molecule has 116 valence electrons. The van der Waals surface area contributed by atoms with Crippen LogP contribution in [-0.2, 0) is 6.54 Å². The van der Waals surface area contributed by atoms with Gasteiger partial charge in [0, 0.05) is 30.7 Å². The van der Waals surface area contributed by atoms with Crippen molar-refractivity contribution in [1.29, 1.82) is 0 Å². The van der Waals surface area contributed by atoms with E-state index >= 15 is 0 Å². The maximum atomic E-state index is 4.67.